The van der Waals surface area contributed by atoms with Crippen LogP contribution in [0.25, 0.3) is 5.57 Å². The standard InChI is InChI=1S/C42H66N4O8/c1-25-33-17-29(42(33,6)7)18-34(25)44-40(50)38-37(26(2)48)35(22-47)54-46(38)20-28-12-11-13-32(39(28)51-10)27(16-31-23-52-24-53-31)14-15-36(49)43-30(21-45(8)9)19-41(3,4)5/h11-16,23,25-26,29-30,33-38,43,47-49H,17-22,24H2,1-10H3,(H,44,50)/b15-14+,27-16+/t25-,26-,29+,30-,33-,34-,35-,36?,37+,38-/m0/s1. The Morgan fingerprint density at radius 1 is 1.20 bits per heavy atom. The number of hydrogen-bond acceptors (Lipinski definition) is 11. The van der Waals surface area contributed by atoms with Crippen LogP contribution in [0.2, 0.25) is 0 Å². The number of amides is 1. The number of methoxy groups -OCH3 is 1. The fraction of sp³-hybridized carbons (Fsp3) is 0.690. The van der Waals surface area contributed by atoms with Crippen LogP contribution in [-0.4, -0.2) is 109 Å². The Hall–Kier alpha value is -2.97. The SMILES string of the molecule is COc1c(CN2O[C@@H](CO)[C@@H]([C@H](C)O)[C@H]2C(=O)N[C@H]2C[C@H]3C[C@@H]([C@@H]2C)C3(C)C)cccc1C(/C=C/C(O)N[C@H](CN(C)C)CC(C)(C)C)=C/C1=COCO1. The number of carbonyl (C=O) groups is 1. The highest BCUT2D eigenvalue weighted by Gasteiger charge is 2.57. The zero-order valence-corrected chi connectivity index (χ0v) is 34.0. The Kier molecular flexibility index (Phi) is 13.6. The lowest BCUT2D eigenvalue weighted by Crippen LogP contribution is -2.62. The van der Waals surface area contributed by atoms with Crippen molar-refractivity contribution in [1.82, 2.24) is 20.6 Å². The number of ether oxygens (including phenoxy) is 3. The first-order valence-corrected chi connectivity index (χ1v) is 19.6. The highest BCUT2D eigenvalue weighted by Crippen LogP contribution is 2.61. The zero-order valence-electron chi connectivity index (χ0n) is 34.0. The third kappa shape index (κ3) is 9.69. The second-order valence-electron chi connectivity index (χ2n) is 18.0. The molecule has 302 valence electrons. The summed E-state index contributed by atoms with van der Waals surface area (Å²) >= 11 is 0. The molecule has 1 aromatic rings. The van der Waals surface area contributed by atoms with E-state index < -0.39 is 30.4 Å². The number of allylic oxidation sites excluding steroid dienone is 3. The average molecular weight is 755 g/mol. The first kappa shape index (κ1) is 42.2. The summed E-state index contributed by atoms with van der Waals surface area (Å²) in [4.78, 5) is 22.6. The van der Waals surface area contributed by atoms with E-state index in [4.69, 9.17) is 19.0 Å². The third-order valence-electron chi connectivity index (χ3n) is 12.1. The Balaban J connectivity index is 1.42. The molecule has 12 nitrogen and oxygen atoms in total. The van der Waals surface area contributed by atoms with Gasteiger partial charge in [0, 0.05) is 35.7 Å². The fourth-order valence-corrected chi connectivity index (χ4v) is 9.37. The minimum atomic E-state index is -0.932. The van der Waals surface area contributed by atoms with Crippen LogP contribution in [0.3, 0.4) is 0 Å². The van der Waals surface area contributed by atoms with Gasteiger partial charge in [0.2, 0.25) is 12.7 Å². The van der Waals surface area contributed by atoms with Gasteiger partial charge >= 0.3 is 0 Å². The highest BCUT2D eigenvalue weighted by atomic mass is 16.7. The normalized spacial score (nSPS) is 30.0. The number of nitrogens with one attached hydrogen (secondary N) is 2. The van der Waals surface area contributed by atoms with E-state index in [1.54, 1.807) is 31.4 Å². The van der Waals surface area contributed by atoms with Gasteiger partial charge in [-0.2, -0.15) is 5.06 Å². The summed E-state index contributed by atoms with van der Waals surface area (Å²) in [6, 6.07) is 4.97. The first-order chi connectivity index (χ1) is 25.4. The van der Waals surface area contributed by atoms with E-state index in [0.717, 1.165) is 30.5 Å². The molecule has 2 aliphatic heterocycles. The van der Waals surface area contributed by atoms with Crippen LogP contribution in [0.1, 0.15) is 78.9 Å². The number of hydrogen-bond donors (Lipinski definition) is 5. The molecule has 0 spiro atoms. The molecule has 2 bridgehead atoms. The lowest BCUT2D eigenvalue weighted by atomic mass is 9.45. The fourth-order valence-electron chi connectivity index (χ4n) is 9.37. The lowest BCUT2D eigenvalue weighted by molar-refractivity contribution is -0.183. The van der Waals surface area contributed by atoms with Gasteiger partial charge in [-0.05, 0) is 86.6 Å². The van der Waals surface area contributed by atoms with Crippen molar-refractivity contribution in [3.05, 3.63) is 59.6 Å². The van der Waals surface area contributed by atoms with Crippen molar-refractivity contribution in [1.29, 1.82) is 0 Å². The minimum absolute atomic E-state index is 0.0313. The number of nitrogens with zero attached hydrogens (tertiary/aromatic N) is 2. The second kappa shape index (κ2) is 17.4. The van der Waals surface area contributed by atoms with Gasteiger partial charge in [0.15, 0.2) is 5.76 Å². The van der Waals surface area contributed by atoms with Gasteiger partial charge < -0.3 is 39.7 Å². The molecule has 1 aromatic carbocycles. The molecule has 1 unspecified atom stereocenters. The van der Waals surface area contributed by atoms with Crippen molar-refractivity contribution in [2.45, 2.75) is 111 Å². The Morgan fingerprint density at radius 3 is 2.52 bits per heavy atom. The molecule has 10 atom stereocenters. The van der Waals surface area contributed by atoms with Crippen LogP contribution in [0.15, 0.2) is 48.4 Å². The Morgan fingerprint density at radius 2 is 1.94 bits per heavy atom. The van der Waals surface area contributed by atoms with Crippen molar-refractivity contribution in [3.63, 3.8) is 0 Å². The van der Waals surface area contributed by atoms with Crippen LogP contribution in [0, 0.1) is 34.5 Å². The number of aliphatic hydroxyl groups is 3. The van der Waals surface area contributed by atoms with Gasteiger partial charge in [-0.1, -0.05) is 65.8 Å². The second-order valence-corrected chi connectivity index (χ2v) is 18.0. The van der Waals surface area contributed by atoms with Crippen LogP contribution in [0.4, 0.5) is 0 Å². The molecule has 12 heteroatoms. The van der Waals surface area contributed by atoms with Gasteiger partial charge in [-0.25, -0.2) is 0 Å². The third-order valence-corrected chi connectivity index (χ3v) is 12.1. The molecule has 3 saturated carbocycles. The van der Waals surface area contributed by atoms with Crippen molar-refractivity contribution < 1.29 is 39.2 Å². The summed E-state index contributed by atoms with van der Waals surface area (Å²) in [5.41, 5.74) is 2.50. The van der Waals surface area contributed by atoms with E-state index in [1.165, 1.54) is 6.42 Å². The molecule has 1 amide bonds. The molecule has 0 radical (unpaired) electrons. The van der Waals surface area contributed by atoms with Crippen molar-refractivity contribution in [2.75, 3.05) is 41.1 Å². The summed E-state index contributed by atoms with van der Waals surface area (Å²) in [7, 11) is 5.63. The smallest absolute Gasteiger partial charge is 0.240 e. The van der Waals surface area contributed by atoms with Crippen molar-refractivity contribution in [2.24, 2.45) is 34.5 Å². The molecule has 6 rings (SSSR count). The molecule has 1 saturated heterocycles. The Labute approximate surface area is 322 Å². The summed E-state index contributed by atoms with van der Waals surface area (Å²) in [6.07, 6.45) is 7.30. The van der Waals surface area contributed by atoms with Gasteiger partial charge in [0.05, 0.1) is 26.4 Å². The quantitative estimate of drug-likeness (QED) is 0.121. The van der Waals surface area contributed by atoms with E-state index in [0.29, 0.717) is 34.8 Å². The number of fused-ring (bicyclic) bond motifs is 2. The molecular weight excluding hydrogens is 688 g/mol. The van der Waals surface area contributed by atoms with E-state index in [9.17, 15) is 20.1 Å². The van der Waals surface area contributed by atoms with E-state index in [1.807, 2.05) is 44.4 Å². The largest absolute Gasteiger partial charge is 0.496 e. The lowest BCUT2D eigenvalue weighted by Gasteiger charge is -2.62. The number of aliphatic hydroxyl groups excluding tert-OH is 3. The maximum Gasteiger partial charge on any atom is 0.240 e. The predicted molar refractivity (Wildman–Crippen MR) is 208 cm³/mol. The first-order valence-electron chi connectivity index (χ1n) is 19.6. The number of likely N-dealkylation sites (N-methyl/N-ethyl adjacent to an activating group) is 1. The summed E-state index contributed by atoms with van der Waals surface area (Å²) in [5, 5.41) is 40.8. The summed E-state index contributed by atoms with van der Waals surface area (Å²) in [5.74, 6) is 1.65. The van der Waals surface area contributed by atoms with Crippen LogP contribution >= 0.6 is 0 Å². The van der Waals surface area contributed by atoms with Crippen molar-refractivity contribution in [3.8, 4) is 5.75 Å². The zero-order chi connectivity index (χ0) is 39.5. The topological polar surface area (TPSA) is 145 Å². The van der Waals surface area contributed by atoms with Gasteiger partial charge in [0.25, 0.3) is 0 Å². The molecule has 4 fully saturated rings. The molecule has 0 aromatic heterocycles. The molecule has 54 heavy (non-hydrogen) atoms. The molecular formula is C42H66N4O8. The number of rotatable bonds is 16. The van der Waals surface area contributed by atoms with E-state index in [-0.39, 0.29) is 48.8 Å². The highest BCUT2D eigenvalue weighted by molar-refractivity contribution is 5.83. The number of hydroxylamine groups is 2. The number of carbonyl (C=O) groups excluding carboxylic acids is 1. The maximum atomic E-state index is 14.3. The maximum absolute atomic E-state index is 14.3. The average Bonchev–Trinajstić information content (AvgIpc) is 3.74. The van der Waals surface area contributed by atoms with Gasteiger partial charge in [0.1, 0.15) is 30.4 Å². The predicted octanol–water partition coefficient (Wildman–Crippen LogP) is 4.42. The Bertz CT molecular complexity index is 1530. The molecule has 5 aliphatic rings. The van der Waals surface area contributed by atoms with Gasteiger partial charge in [-0.3, -0.25) is 14.9 Å². The number of para-hydroxylation sites is 1. The van der Waals surface area contributed by atoms with Crippen LogP contribution in [-0.2, 0) is 25.7 Å². The van der Waals surface area contributed by atoms with E-state index in [2.05, 4.69) is 57.1 Å². The molecule has 2 heterocycles. The van der Waals surface area contributed by atoms with Gasteiger partial charge in [-0.15, -0.1) is 0 Å². The van der Waals surface area contributed by atoms with Crippen LogP contribution in [0.5, 0.6) is 5.75 Å². The molecule has 3 aliphatic carbocycles. The van der Waals surface area contributed by atoms with Crippen LogP contribution < -0.4 is 15.4 Å². The van der Waals surface area contributed by atoms with Crippen molar-refractivity contribution >= 4 is 11.5 Å². The number of benzene rings is 1. The molecule has 5 N–H and O–H groups in total. The summed E-state index contributed by atoms with van der Waals surface area (Å²) < 4.78 is 17.1. The monoisotopic (exact) mass is 754 g/mol. The minimum Gasteiger partial charge on any atom is -0.496 e. The summed E-state index contributed by atoms with van der Waals surface area (Å²) in [6.45, 7) is 15.8. The van der Waals surface area contributed by atoms with E-state index >= 15 is 0 Å².